The summed E-state index contributed by atoms with van der Waals surface area (Å²) in [5.41, 5.74) is 16.6. The summed E-state index contributed by atoms with van der Waals surface area (Å²) in [6.07, 6.45) is 10.9. The molecular weight excluding hydrogens is 743 g/mol. The van der Waals surface area contributed by atoms with Crippen molar-refractivity contribution in [2.24, 2.45) is 0 Å². The van der Waals surface area contributed by atoms with Crippen LogP contribution in [0, 0.1) is 0 Å². The third-order valence-electron chi connectivity index (χ3n) is 12.0. The number of nitrogens with zero attached hydrogens (tertiary/aromatic N) is 3. The molecule has 1 atom stereocenters. The van der Waals surface area contributed by atoms with Crippen LogP contribution in [0.5, 0.6) is 17.2 Å². The van der Waals surface area contributed by atoms with Crippen LogP contribution in [0.25, 0.3) is 90.9 Å². The number of H-pyrrole nitrogens is 2. The summed E-state index contributed by atoms with van der Waals surface area (Å²) in [5.74, 6) is 2.37. The number of likely N-dealkylation sites (tertiary alicyclic amines) is 1. The Hall–Kier alpha value is -7.16. The Balaban J connectivity index is 1.31. The summed E-state index contributed by atoms with van der Waals surface area (Å²) in [7, 11) is 7.29. The van der Waals surface area contributed by atoms with Gasteiger partial charge in [0.15, 0.2) is 0 Å². The molecule has 60 heavy (non-hydrogen) atoms. The minimum Gasteiger partial charge on any atom is -0.497 e. The van der Waals surface area contributed by atoms with Crippen molar-refractivity contribution in [1.29, 1.82) is 0 Å². The normalized spacial score (nSPS) is 14.8. The van der Waals surface area contributed by atoms with Gasteiger partial charge in [-0.15, -0.1) is 0 Å². The SMILES string of the molecule is COc1ccc(-c2c3nc(c(-c4ccc(OC)cc4)c4ccc([nH]4)c(-c4ccc(C5CCCN5C)cc4)c4nc(c(-c5ccc(OC)cc5)c5ccc2[nH]5)C=C4)C=C3)cc1. The molecule has 6 heterocycles. The number of fused-ring (bicyclic) bond motifs is 8. The van der Waals surface area contributed by atoms with E-state index in [0.717, 1.165) is 113 Å². The molecule has 1 fully saturated rings. The van der Waals surface area contributed by atoms with Gasteiger partial charge < -0.3 is 24.2 Å². The van der Waals surface area contributed by atoms with Crippen molar-refractivity contribution in [1.82, 2.24) is 24.8 Å². The van der Waals surface area contributed by atoms with E-state index in [0.29, 0.717) is 6.04 Å². The molecule has 0 aliphatic carbocycles. The van der Waals surface area contributed by atoms with Gasteiger partial charge in [-0.25, -0.2) is 9.97 Å². The van der Waals surface area contributed by atoms with Crippen LogP contribution in [0.15, 0.2) is 121 Å². The van der Waals surface area contributed by atoms with Gasteiger partial charge in [-0.05, 0) is 139 Å². The van der Waals surface area contributed by atoms with Crippen molar-refractivity contribution < 1.29 is 14.2 Å². The van der Waals surface area contributed by atoms with Gasteiger partial charge >= 0.3 is 0 Å². The van der Waals surface area contributed by atoms with E-state index in [1.807, 2.05) is 36.4 Å². The summed E-state index contributed by atoms with van der Waals surface area (Å²) in [5, 5.41) is 0. The quantitative estimate of drug-likeness (QED) is 0.159. The second-order valence-corrected chi connectivity index (χ2v) is 15.4. The first-order valence-electron chi connectivity index (χ1n) is 20.4. The van der Waals surface area contributed by atoms with Crippen molar-refractivity contribution in [3.8, 4) is 61.8 Å². The van der Waals surface area contributed by atoms with Gasteiger partial charge in [-0.3, -0.25) is 4.90 Å². The highest BCUT2D eigenvalue weighted by molar-refractivity contribution is 5.99. The van der Waals surface area contributed by atoms with Gasteiger partial charge in [0.1, 0.15) is 17.2 Å². The predicted molar refractivity (Wildman–Crippen MR) is 245 cm³/mol. The Kier molecular flexibility index (Phi) is 9.62. The minimum atomic E-state index is 0.431. The summed E-state index contributed by atoms with van der Waals surface area (Å²) in [6, 6.07) is 42.7. The first-order valence-corrected chi connectivity index (χ1v) is 20.4. The van der Waals surface area contributed by atoms with Crippen LogP contribution in [0.1, 0.15) is 47.2 Å². The molecule has 1 unspecified atom stereocenters. The lowest BCUT2D eigenvalue weighted by atomic mass is 9.98. The van der Waals surface area contributed by atoms with E-state index in [9.17, 15) is 0 Å². The van der Waals surface area contributed by atoms with Crippen molar-refractivity contribution in [2.45, 2.75) is 18.9 Å². The molecule has 10 rings (SSSR count). The average molecular weight is 788 g/mol. The van der Waals surface area contributed by atoms with E-state index >= 15 is 0 Å². The lowest BCUT2D eigenvalue weighted by Crippen LogP contribution is -2.17. The number of rotatable bonds is 8. The summed E-state index contributed by atoms with van der Waals surface area (Å²) < 4.78 is 16.7. The monoisotopic (exact) mass is 787 g/mol. The van der Waals surface area contributed by atoms with Crippen molar-refractivity contribution >= 4 is 46.4 Å². The lowest BCUT2D eigenvalue weighted by Gasteiger charge is -2.20. The highest BCUT2D eigenvalue weighted by atomic mass is 16.5. The number of benzene rings is 4. The van der Waals surface area contributed by atoms with Gasteiger partial charge in [0.25, 0.3) is 0 Å². The minimum absolute atomic E-state index is 0.431. The van der Waals surface area contributed by atoms with E-state index < -0.39 is 0 Å². The fourth-order valence-corrected chi connectivity index (χ4v) is 8.90. The Morgan fingerprint density at radius 3 is 1.05 bits per heavy atom. The summed E-state index contributed by atoms with van der Waals surface area (Å²) in [4.78, 5) is 21.0. The molecule has 0 amide bonds. The molecule has 4 aromatic carbocycles. The maximum absolute atomic E-state index is 5.57. The third-order valence-corrected chi connectivity index (χ3v) is 12.0. The van der Waals surface area contributed by atoms with Crippen LogP contribution < -0.4 is 14.2 Å². The number of hydrogen-bond acceptors (Lipinski definition) is 6. The molecule has 1 saturated heterocycles. The van der Waals surface area contributed by atoms with Gasteiger partial charge in [0.2, 0.25) is 0 Å². The number of aromatic amines is 2. The van der Waals surface area contributed by atoms with E-state index in [1.54, 1.807) is 21.3 Å². The zero-order valence-corrected chi connectivity index (χ0v) is 34.1. The van der Waals surface area contributed by atoms with Crippen LogP contribution in [0.4, 0.5) is 0 Å². The molecule has 296 valence electrons. The maximum Gasteiger partial charge on any atom is 0.118 e. The zero-order valence-electron chi connectivity index (χ0n) is 34.1. The van der Waals surface area contributed by atoms with Crippen LogP contribution in [-0.4, -0.2) is 59.8 Å². The lowest BCUT2D eigenvalue weighted by molar-refractivity contribution is 0.317. The Labute approximate surface area is 349 Å². The number of methoxy groups -OCH3 is 3. The van der Waals surface area contributed by atoms with Gasteiger partial charge in [-0.1, -0.05) is 60.7 Å². The summed E-state index contributed by atoms with van der Waals surface area (Å²) >= 11 is 0. The highest BCUT2D eigenvalue weighted by Crippen LogP contribution is 2.40. The van der Waals surface area contributed by atoms with Crippen molar-refractivity contribution in [3.05, 3.63) is 150 Å². The first kappa shape index (κ1) is 37.1. The number of aromatic nitrogens is 4. The molecule has 2 N–H and O–H groups in total. The molecule has 3 aliphatic heterocycles. The van der Waals surface area contributed by atoms with Crippen LogP contribution in [0.2, 0.25) is 0 Å². The fourth-order valence-electron chi connectivity index (χ4n) is 8.90. The Morgan fingerprint density at radius 1 is 0.450 bits per heavy atom. The topological polar surface area (TPSA) is 88.3 Å². The number of nitrogens with one attached hydrogen (secondary N) is 2. The molecule has 0 saturated carbocycles. The standard InChI is InChI=1S/C52H45N5O3/c1-57-31-5-6-48(57)32-7-9-33(10-8-32)49-40-23-25-42(53-40)50(34-11-17-37(58-2)18-12-34)44-27-29-46(55-44)52(36-15-21-39(60-4)22-16-36)47-30-28-45(56-47)51(43-26-24-41(49)54-43)35-13-19-38(59-3)20-14-35/h7-30,48,53,56H,5-6,31H2,1-4H3. The molecule has 0 spiro atoms. The van der Waals surface area contributed by atoms with Gasteiger partial charge in [0.05, 0.1) is 44.1 Å². The largest absolute Gasteiger partial charge is 0.497 e. The van der Waals surface area contributed by atoms with Crippen LogP contribution >= 0.6 is 0 Å². The van der Waals surface area contributed by atoms with Crippen LogP contribution in [-0.2, 0) is 0 Å². The summed E-state index contributed by atoms with van der Waals surface area (Å²) in [6.45, 7) is 1.12. The molecule has 8 nitrogen and oxygen atoms in total. The zero-order chi connectivity index (χ0) is 40.7. The molecule has 7 aromatic rings. The van der Waals surface area contributed by atoms with Gasteiger partial charge in [0, 0.05) is 50.4 Å². The van der Waals surface area contributed by atoms with E-state index in [2.05, 4.69) is 131 Å². The molecule has 3 aromatic heterocycles. The van der Waals surface area contributed by atoms with Crippen molar-refractivity contribution in [2.75, 3.05) is 34.9 Å². The molecular formula is C52H45N5O3. The Bertz CT molecular complexity index is 2910. The molecule has 8 heteroatoms. The van der Waals surface area contributed by atoms with Crippen LogP contribution in [0.3, 0.4) is 0 Å². The third kappa shape index (κ3) is 6.74. The highest BCUT2D eigenvalue weighted by Gasteiger charge is 2.23. The first-order chi connectivity index (χ1) is 29.5. The average Bonchev–Trinajstić information content (AvgIpc) is 4.16. The smallest absolute Gasteiger partial charge is 0.118 e. The maximum atomic E-state index is 5.57. The molecule has 3 aliphatic rings. The molecule has 8 bridgehead atoms. The number of ether oxygens (including phenoxy) is 3. The van der Waals surface area contributed by atoms with E-state index in [4.69, 9.17) is 24.2 Å². The van der Waals surface area contributed by atoms with Crippen molar-refractivity contribution in [3.63, 3.8) is 0 Å². The number of hydrogen-bond donors (Lipinski definition) is 2. The van der Waals surface area contributed by atoms with E-state index in [1.165, 1.54) is 18.4 Å². The second kappa shape index (κ2) is 15.5. The van der Waals surface area contributed by atoms with E-state index in [-0.39, 0.29) is 0 Å². The second-order valence-electron chi connectivity index (χ2n) is 15.4. The molecule has 0 radical (unpaired) electrons. The van der Waals surface area contributed by atoms with Gasteiger partial charge in [-0.2, -0.15) is 0 Å². The Morgan fingerprint density at radius 2 is 0.767 bits per heavy atom. The predicted octanol–water partition coefficient (Wildman–Crippen LogP) is 12.1. The fraction of sp³-hybridized carbons (Fsp3) is 0.154.